The zero-order chi connectivity index (χ0) is 11.0. The summed E-state index contributed by atoms with van der Waals surface area (Å²) in [7, 11) is 0. The van der Waals surface area contributed by atoms with Crippen molar-refractivity contribution in [3.05, 3.63) is 12.2 Å². The number of Topliss-reactive ketones (excluding diaryl/α,β-unsaturated/α-hetero) is 1. The molecule has 0 rings (SSSR count). The van der Waals surface area contributed by atoms with Crippen molar-refractivity contribution in [2.45, 2.75) is 46.1 Å². The topological polar surface area (TPSA) is 43.4 Å². The Morgan fingerprint density at radius 2 is 2.00 bits per heavy atom. The molecule has 3 heteroatoms. The molecule has 1 atom stereocenters. The van der Waals surface area contributed by atoms with E-state index in [-0.39, 0.29) is 18.3 Å². The second-order valence-corrected chi connectivity index (χ2v) is 3.29. The van der Waals surface area contributed by atoms with Gasteiger partial charge in [-0.2, -0.15) is 0 Å². The monoisotopic (exact) mass is 198 g/mol. The first kappa shape index (κ1) is 12.9. The van der Waals surface area contributed by atoms with Crippen LogP contribution in [0.5, 0.6) is 0 Å². The number of rotatable bonds is 6. The molecule has 0 radical (unpaired) electrons. The third-order valence-corrected chi connectivity index (χ3v) is 1.60. The third-order valence-electron chi connectivity index (χ3n) is 1.60. The van der Waals surface area contributed by atoms with Crippen LogP contribution < -0.4 is 0 Å². The second-order valence-electron chi connectivity index (χ2n) is 3.29. The molecule has 0 aliphatic rings. The van der Waals surface area contributed by atoms with Gasteiger partial charge in [-0.3, -0.25) is 9.59 Å². The highest BCUT2D eigenvalue weighted by Gasteiger charge is 2.09. The standard InChI is InChI=1S/C11H18O3/c1-4-5-6-7-10(3)14-11(13)8-9(2)12/h5-6,10H,4,7-8H2,1-3H3. The molecule has 14 heavy (non-hydrogen) atoms. The fourth-order valence-corrected chi connectivity index (χ4v) is 0.972. The zero-order valence-electron chi connectivity index (χ0n) is 9.08. The lowest BCUT2D eigenvalue weighted by Crippen LogP contribution is -2.16. The van der Waals surface area contributed by atoms with Gasteiger partial charge >= 0.3 is 5.97 Å². The molecule has 3 nitrogen and oxygen atoms in total. The van der Waals surface area contributed by atoms with Crippen LogP contribution in [0.25, 0.3) is 0 Å². The highest BCUT2D eigenvalue weighted by molar-refractivity contribution is 5.94. The summed E-state index contributed by atoms with van der Waals surface area (Å²) in [5.41, 5.74) is 0. The summed E-state index contributed by atoms with van der Waals surface area (Å²) in [6, 6.07) is 0. The van der Waals surface area contributed by atoms with Crippen LogP contribution in [0.15, 0.2) is 12.2 Å². The highest BCUT2D eigenvalue weighted by atomic mass is 16.5. The van der Waals surface area contributed by atoms with E-state index in [0.29, 0.717) is 6.42 Å². The number of hydrogen-bond acceptors (Lipinski definition) is 3. The fourth-order valence-electron chi connectivity index (χ4n) is 0.972. The van der Waals surface area contributed by atoms with Crippen molar-refractivity contribution in [3.8, 4) is 0 Å². The zero-order valence-corrected chi connectivity index (χ0v) is 9.08. The van der Waals surface area contributed by atoms with E-state index < -0.39 is 5.97 Å². The summed E-state index contributed by atoms with van der Waals surface area (Å²) in [6.45, 7) is 5.24. The number of esters is 1. The summed E-state index contributed by atoms with van der Waals surface area (Å²) < 4.78 is 5.00. The van der Waals surface area contributed by atoms with Crippen LogP contribution in [-0.4, -0.2) is 17.9 Å². The first-order chi connectivity index (χ1) is 6.56. The molecule has 0 bridgehead atoms. The Morgan fingerprint density at radius 1 is 1.36 bits per heavy atom. The smallest absolute Gasteiger partial charge is 0.313 e. The van der Waals surface area contributed by atoms with Gasteiger partial charge in [0, 0.05) is 6.42 Å². The van der Waals surface area contributed by atoms with Gasteiger partial charge in [0.05, 0.1) is 0 Å². The van der Waals surface area contributed by atoms with Gasteiger partial charge in [-0.1, -0.05) is 19.1 Å². The Labute approximate surface area is 85.1 Å². The van der Waals surface area contributed by atoms with Crippen molar-refractivity contribution < 1.29 is 14.3 Å². The van der Waals surface area contributed by atoms with Gasteiger partial charge in [-0.15, -0.1) is 0 Å². The van der Waals surface area contributed by atoms with Crippen molar-refractivity contribution in [1.29, 1.82) is 0 Å². The van der Waals surface area contributed by atoms with E-state index in [9.17, 15) is 9.59 Å². The number of ketones is 1. The summed E-state index contributed by atoms with van der Waals surface area (Å²) in [6.07, 6.45) is 5.42. The SMILES string of the molecule is CCC=CCC(C)OC(=O)CC(C)=O. The minimum atomic E-state index is -0.435. The maximum Gasteiger partial charge on any atom is 0.313 e. The van der Waals surface area contributed by atoms with Gasteiger partial charge < -0.3 is 4.74 Å². The summed E-state index contributed by atoms with van der Waals surface area (Å²) in [5.74, 6) is -0.596. The number of carbonyl (C=O) groups is 2. The average molecular weight is 198 g/mol. The molecule has 0 aromatic rings. The molecule has 0 aliphatic carbocycles. The van der Waals surface area contributed by atoms with Gasteiger partial charge in [-0.25, -0.2) is 0 Å². The quantitative estimate of drug-likeness (QED) is 0.373. The van der Waals surface area contributed by atoms with Gasteiger partial charge in [0.15, 0.2) is 0 Å². The molecule has 0 saturated carbocycles. The molecule has 0 heterocycles. The number of carbonyl (C=O) groups excluding carboxylic acids is 2. The third kappa shape index (κ3) is 7.53. The minimum absolute atomic E-state index is 0.123. The van der Waals surface area contributed by atoms with Crippen molar-refractivity contribution in [2.24, 2.45) is 0 Å². The van der Waals surface area contributed by atoms with Gasteiger partial charge in [0.1, 0.15) is 18.3 Å². The maximum atomic E-state index is 11.0. The average Bonchev–Trinajstić information content (AvgIpc) is 2.02. The van der Waals surface area contributed by atoms with Crippen LogP contribution >= 0.6 is 0 Å². The van der Waals surface area contributed by atoms with Crippen molar-refractivity contribution in [2.75, 3.05) is 0 Å². The molecule has 0 aromatic carbocycles. The molecule has 0 aromatic heterocycles. The molecule has 80 valence electrons. The molecule has 0 spiro atoms. The van der Waals surface area contributed by atoms with Crippen LogP contribution in [0, 0.1) is 0 Å². The lowest BCUT2D eigenvalue weighted by molar-refractivity contribution is -0.149. The number of ether oxygens (including phenoxy) is 1. The van der Waals surface area contributed by atoms with Gasteiger partial charge in [0.25, 0.3) is 0 Å². The minimum Gasteiger partial charge on any atom is -0.462 e. The molecule has 0 saturated heterocycles. The summed E-state index contributed by atoms with van der Waals surface area (Å²) in [5, 5.41) is 0. The lowest BCUT2D eigenvalue weighted by Gasteiger charge is -2.09. The van der Waals surface area contributed by atoms with E-state index in [1.807, 2.05) is 26.0 Å². The van der Waals surface area contributed by atoms with Crippen LogP contribution in [-0.2, 0) is 14.3 Å². The number of hydrogen-bond donors (Lipinski definition) is 0. The molecular formula is C11H18O3. The van der Waals surface area contributed by atoms with Crippen molar-refractivity contribution >= 4 is 11.8 Å². The van der Waals surface area contributed by atoms with Crippen LogP contribution in [0.2, 0.25) is 0 Å². The Hall–Kier alpha value is -1.12. The van der Waals surface area contributed by atoms with Crippen LogP contribution in [0.3, 0.4) is 0 Å². The van der Waals surface area contributed by atoms with E-state index in [0.717, 1.165) is 6.42 Å². The van der Waals surface area contributed by atoms with Gasteiger partial charge in [0.2, 0.25) is 0 Å². The predicted molar refractivity (Wildman–Crippen MR) is 54.9 cm³/mol. The molecular weight excluding hydrogens is 180 g/mol. The first-order valence-corrected chi connectivity index (χ1v) is 4.90. The Balaban J connectivity index is 3.70. The van der Waals surface area contributed by atoms with E-state index in [1.165, 1.54) is 6.92 Å². The van der Waals surface area contributed by atoms with E-state index in [4.69, 9.17) is 4.74 Å². The number of allylic oxidation sites excluding steroid dienone is 1. The Morgan fingerprint density at radius 3 is 2.50 bits per heavy atom. The predicted octanol–water partition coefficient (Wildman–Crippen LogP) is 2.25. The Kier molecular flexibility index (Phi) is 6.72. The van der Waals surface area contributed by atoms with Crippen molar-refractivity contribution in [3.63, 3.8) is 0 Å². The molecule has 0 amide bonds. The molecule has 0 aliphatic heterocycles. The largest absolute Gasteiger partial charge is 0.462 e. The van der Waals surface area contributed by atoms with Crippen LogP contribution in [0.4, 0.5) is 0 Å². The van der Waals surface area contributed by atoms with Crippen LogP contribution in [0.1, 0.15) is 40.0 Å². The maximum absolute atomic E-state index is 11.0. The summed E-state index contributed by atoms with van der Waals surface area (Å²) >= 11 is 0. The van der Waals surface area contributed by atoms with Gasteiger partial charge in [-0.05, 0) is 20.3 Å². The summed E-state index contributed by atoms with van der Waals surface area (Å²) in [4.78, 5) is 21.6. The molecule has 0 fully saturated rings. The first-order valence-electron chi connectivity index (χ1n) is 4.90. The van der Waals surface area contributed by atoms with E-state index in [1.54, 1.807) is 0 Å². The van der Waals surface area contributed by atoms with E-state index >= 15 is 0 Å². The van der Waals surface area contributed by atoms with Crippen molar-refractivity contribution in [1.82, 2.24) is 0 Å². The van der Waals surface area contributed by atoms with E-state index in [2.05, 4.69) is 0 Å². The highest BCUT2D eigenvalue weighted by Crippen LogP contribution is 2.01. The molecule has 0 N–H and O–H groups in total. The fraction of sp³-hybridized carbons (Fsp3) is 0.636. The molecule has 1 unspecified atom stereocenters. The Bertz CT molecular complexity index is 219. The second kappa shape index (κ2) is 7.30. The lowest BCUT2D eigenvalue weighted by atomic mass is 10.2. The normalized spacial score (nSPS) is 12.8.